The predicted octanol–water partition coefficient (Wildman–Crippen LogP) is 3.36. The maximum Gasteiger partial charge on any atom is 0.291 e. The number of rotatable bonds is 1. The summed E-state index contributed by atoms with van der Waals surface area (Å²) in [6.45, 7) is 3.03. The number of ether oxygens (including phenoxy) is 2. The minimum Gasteiger partial charge on any atom is -0.454 e. The molecule has 0 bridgehead atoms. The molecule has 3 heterocycles. The average Bonchev–Trinajstić information content (AvgIpc) is 3.14. The summed E-state index contributed by atoms with van der Waals surface area (Å²) in [4.78, 5) is 0. The van der Waals surface area contributed by atoms with Crippen molar-refractivity contribution in [1.29, 1.82) is 5.26 Å². The van der Waals surface area contributed by atoms with Crippen LogP contribution in [0.2, 0.25) is 0 Å². The molecule has 5 rings (SSSR count). The molecule has 2 aromatic carbocycles. The van der Waals surface area contributed by atoms with Gasteiger partial charge in [0.2, 0.25) is 6.79 Å². The highest BCUT2D eigenvalue weighted by atomic mass is 16.7. The summed E-state index contributed by atoms with van der Waals surface area (Å²) in [7, 11) is 0. The van der Waals surface area contributed by atoms with Crippen LogP contribution in [0.1, 0.15) is 16.7 Å². The molecular formula is C22H18N3O2+. The van der Waals surface area contributed by atoms with Crippen LogP contribution in [0.3, 0.4) is 0 Å². The highest BCUT2D eigenvalue weighted by Gasteiger charge is 2.29. The monoisotopic (exact) mass is 356 g/mol. The SMILES string of the molecule is Cc1ccc(-c2cc3[n+](c(N)c2C#N)CCc2cc4c(cc2-3)OCO4)cc1. The maximum absolute atomic E-state index is 9.76. The molecular weight excluding hydrogens is 338 g/mol. The Kier molecular flexibility index (Phi) is 3.34. The van der Waals surface area contributed by atoms with Crippen molar-refractivity contribution in [1.82, 2.24) is 0 Å². The van der Waals surface area contributed by atoms with Gasteiger partial charge in [-0.25, -0.2) is 4.57 Å². The highest BCUT2D eigenvalue weighted by Crippen LogP contribution is 2.41. The van der Waals surface area contributed by atoms with Gasteiger partial charge in [-0.05, 0) is 36.2 Å². The van der Waals surface area contributed by atoms with E-state index in [2.05, 4.69) is 18.2 Å². The Morgan fingerprint density at radius 1 is 1.04 bits per heavy atom. The van der Waals surface area contributed by atoms with Gasteiger partial charge in [0.05, 0.1) is 6.54 Å². The number of benzene rings is 2. The lowest BCUT2D eigenvalue weighted by Crippen LogP contribution is -2.43. The molecule has 0 saturated heterocycles. The van der Waals surface area contributed by atoms with Crippen LogP contribution in [0, 0.1) is 18.3 Å². The number of pyridine rings is 1. The van der Waals surface area contributed by atoms with Crippen molar-refractivity contribution in [2.75, 3.05) is 12.5 Å². The van der Waals surface area contributed by atoms with Gasteiger partial charge in [-0.3, -0.25) is 5.73 Å². The van der Waals surface area contributed by atoms with Gasteiger partial charge >= 0.3 is 0 Å². The number of anilines is 1. The molecule has 0 saturated carbocycles. The van der Waals surface area contributed by atoms with E-state index in [9.17, 15) is 5.26 Å². The molecule has 2 aliphatic rings. The normalized spacial score (nSPS) is 13.6. The molecule has 1 aromatic heterocycles. The average molecular weight is 356 g/mol. The van der Waals surface area contributed by atoms with Crippen molar-refractivity contribution in [3.8, 4) is 40.0 Å². The third kappa shape index (κ3) is 2.34. The van der Waals surface area contributed by atoms with E-state index in [0.29, 0.717) is 11.4 Å². The first-order chi connectivity index (χ1) is 13.2. The van der Waals surface area contributed by atoms with Gasteiger partial charge < -0.3 is 9.47 Å². The zero-order valence-corrected chi connectivity index (χ0v) is 15.0. The lowest BCUT2D eigenvalue weighted by molar-refractivity contribution is -0.673. The Morgan fingerprint density at radius 3 is 2.52 bits per heavy atom. The predicted molar refractivity (Wildman–Crippen MR) is 101 cm³/mol. The van der Waals surface area contributed by atoms with E-state index < -0.39 is 0 Å². The molecule has 0 atom stereocenters. The molecule has 3 aromatic rings. The van der Waals surface area contributed by atoms with Gasteiger partial charge in [0.15, 0.2) is 11.5 Å². The second-order valence-corrected chi connectivity index (χ2v) is 6.95. The zero-order chi connectivity index (χ0) is 18.5. The molecule has 27 heavy (non-hydrogen) atoms. The third-order valence-corrected chi connectivity index (χ3v) is 5.34. The molecule has 132 valence electrons. The largest absolute Gasteiger partial charge is 0.454 e. The number of nitriles is 1. The van der Waals surface area contributed by atoms with E-state index >= 15 is 0 Å². The van der Waals surface area contributed by atoms with Gasteiger partial charge in [0.1, 0.15) is 17.3 Å². The molecule has 5 heteroatoms. The van der Waals surface area contributed by atoms with Gasteiger partial charge in [-0.15, -0.1) is 0 Å². The molecule has 0 spiro atoms. The van der Waals surface area contributed by atoms with Crippen molar-refractivity contribution in [2.45, 2.75) is 19.9 Å². The van der Waals surface area contributed by atoms with Crippen molar-refractivity contribution < 1.29 is 14.0 Å². The highest BCUT2D eigenvalue weighted by molar-refractivity contribution is 5.79. The van der Waals surface area contributed by atoms with Crippen LogP contribution in [0.15, 0.2) is 42.5 Å². The summed E-state index contributed by atoms with van der Waals surface area (Å²) in [6.07, 6.45) is 0.836. The number of fused-ring (bicyclic) bond motifs is 4. The van der Waals surface area contributed by atoms with Crippen LogP contribution in [0.5, 0.6) is 11.5 Å². The first-order valence-corrected chi connectivity index (χ1v) is 8.92. The van der Waals surface area contributed by atoms with Crippen molar-refractivity contribution in [3.05, 3.63) is 59.2 Å². The number of hydrogen-bond acceptors (Lipinski definition) is 4. The van der Waals surface area contributed by atoms with E-state index in [1.807, 2.05) is 41.8 Å². The summed E-state index contributed by atoms with van der Waals surface area (Å²) >= 11 is 0. The van der Waals surface area contributed by atoms with Crippen LogP contribution in [-0.2, 0) is 13.0 Å². The van der Waals surface area contributed by atoms with E-state index in [1.54, 1.807) is 0 Å². The van der Waals surface area contributed by atoms with Crippen molar-refractivity contribution in [2.24, 2.45) is 0 Å². The summed E-state index contributed by atoms with van der Waals surface area (Å²) in [6, 6.07) is 16.6. The number of aromatic nitrogens is 1. The molecule has 5 nitrogen and oxygen atoms in total. The minimum absolute atomic E-state index is 0.252. The Bertz CT molecular complexity index is 1130. The molecule has 0 radical (unpaired) electrons. The Hall–Kier alpha value is -3.52. The number of hydrogen-bond donors (Lipinski definition) is 1. The quantitative estimate of drug-likeness (QED) is 0.679. The number of nitrogen functional groups attached to an aromatic ring is 1. The number of aryl methyl sites for hydroxylation is 2. The van der Waals surface area contributed by atoms with Crippen LogP contribution in [0.25, 0.3) is 22.4 Å². The maximum atomic E-state index is 9.76. The molecule has 2 N–H and O–H groups in total. The minimum atomic E-state index is 0.252. The van der Waals surface area contributed by atoms with Crippen LogP contribution >= 0.6 is 0 Å². The fraction of sp³-hybridized carbons (Fsp3) is 0.182. The van der Waals surface area contributed by atoms with Crippen LogP contribution in [-0.4, -0.2) is 6.79 Å². The van der Waals surface area contributed by atoms with E-state index in [-0.39, 0.29) is 6.79 Å². The van der Waals surface area contributed by atoms with Crippen molar-refractivity contribution in [3.63, 3.8) is 0 Å². The molecule has 0 amide bonds. The molecule has 0 fully saturated rings. The standard InChI is InChI=1S/C22H17N3O2/c1-13-2-4-14(5-3-13)16-9-19-17-10-21-20(26-12-27-21)8-15(17)6-7-25(19)22(24)18(16)11-23/h2-5,8-10,24H,6-7,12H2,1H3/p+1. The topological polar surface area (TPSA) is 72.2 Å². The lowest BCUT2D eigenvalue weighted by atomic mass is 9.92. The first kappa shape index (κ1) is 15.7. The van der Waals surface area contributed by atoms with E-state index in [0.717, 1.165) is 46.8 Å². The van der Waals surface area contributed by atoms with Gasteiger partial charge in [-0.1, -0.05) is 29.8 Å². The Balaban J connectivity index is 1.77. The van der Waals surface area contributed by atoms with Gasteiger partial charge in [0.25, 0.3) is 5.82 Å². The molecule has 0 unspecified atom stereocenters. The zero-order valence-electron chi connectivity index (χ0n) is 15.0. The summed E-state index contributed by atoms with van der Waals surface area (Å²) in [5, 5.41) is 9.76. The van der Waals surface area contributed by atoms with Crippen LogP contribution in [0.4, 0.5) is 5.82 Å². The smallest absolute Gasteiger partial charge is 0.291 e. The lowest BCUT2D eigenvalue weighted by Gasteiger charge is -2.21. The molecule has 2 aliphatic heterocycles. The summed E-state index contributed by atoms with van der Waals surface area (Å²) < 4.78 is 13.1. The number of nitrogens with two attached hydrogens (primary N) is 1. The van der Waals surface area contributed by atoms with E-state index in [4.69, 9.17) is 15.2 Å². The summed E-state index contributed by atoms with van der Waals surface area (Å²) in [5.41, 5.74) is 13.3. The van der Waals surface area contributed by atoms with Gasteiger partial charge in [-0.2, -0.15) is 5.26 Å². The van der Waals surface area contributed by atoms with E-state index in [1.165, 1.54) is 11.1 Å². The van der Waals surface area contributed by atoms with Crippen molar-refractivity contribution >= 4 is 5.82 Å². The third-order valence-electron chi connectivity index (χ3n) is 5.34. The second-order valence-electron chi connectivity index (χ2n) is 6.95. The fourth-order valence-corrected chi connectivity index (χ4v) is 3.89. The van der Waals surface area contributed by atoms with Crippen LogP contribution < -0.4 is 19.8 Å². The Morgan fingerprint density at radius 2 is 1.78 bits per heavy atom. The molecule has 0 aliphatic carbocycles. The summed E-state index contributed by atoms with van der Waals surface area (Å²) in [5.74, 6) is 2.05. The second kappa shape index (κ2) is 5.75. The van der Waals surface area contributed by atoms with Gasteiger partial charge in [0, 0.05) is 17.5 Å². The fourth-order valence-electron chi connectivity index (χ4n) is 3.89. The first-order valence-electron chi connectivity index (χ1n) is 8.92. The Labute approximate surface area is 157 Å². The number of nitrogens with zero attached hydrogens (tertiary/aromatic N) is 2.